The van der Waals surface area contributed by atoms with Crippen LogP contribution >= 0.6 is 11.8 Å². The van der Waals surface area contributed by atoms with Gasteiger partial charge in [0.05, 0.1) is 0 Å². The average Bonchev–Trinajstić information content (AvgIpc) is 2.43. The lowest BCUT2D eigenvalue weighted by molar-refractivity contribution is -0.120. The number of rotatable bonds is 3. The number of aliphatic imine (C=N–C) groups is 1. The van der Waals surface area contributed by atoms with Crippen LogP contribution in [-0.4, -0.2) is 37.0 Å². The number of guanidine groups is 1. The summed E-state index contributed by atoms with van der Waals surface area (Å²) in [6.45, 7) is 0. The number of carbonyl (C=O) groups excluding carboxylic acids is 1. The summed E-state index contributed by atoms with van der Waals surface area (Å²) in [4.78, 5) is 15.0. The Balaban J connectivity index is 2.41. The van der Waals surface area contributed by atoms with Gasteiger partial charge in [0.1, 0.15) is 6.04 Å². The Labute approximate surface area is 76.2 Å². The lowest BCUT2D eigenvalue weighted by Gasteiger charge is -2.04. The molecular weight excluding hydrogens is 174 g/mol. The number of hydrogen-bond donors (Lipinski definition) is 2. The standard InChI is InChI=1S/C7H13N3OS/c1-8-7-9-5(3-4-12-2)6(11)10-7/h5H,3-4H2,1-2H3,(H2,8,9,10,11). The van der Waals surface area contributed by atoms with E-state index in [1.54, 1.807) is 18.8 Å². The summed E-state index contributed by atoms with van der Waals surface area (Å²) in [5, 5.41) is 5.65. The van der Waals surface area contributed by atoms with Crippen molar-refractivity contribution in [2.45, 2.75) is 12.5 Å². The van der Waals surface area contributed by atoms with Crippen molar-refractivity contribution >= 4 is 23.6 Å². The molecule has 1 unspecified atom stereocenters. The minimum absolute atomic E-state index is 0.0321. The molecule has 2 N–H and O–H groups in total. The molecule has 0 radical (unpaired) electrons. The lowest BCUT2D eigenvalue weighted by Crippen LogP contribution is -2.29. The minimum Gasteiger partial charge on any atom is -0.344 e. The van der Waals surface area contributed by atoms with Crippen LogP contribution in [0.25, 0.3) is 0 Å². The van der Waals surface area contributed by atoms with E-state index < -0.39 is 0 Å². The third kappa shape index (κ3) is 2.14. The maximum atomic E-state index is 11.2. The lowest BCUT2D eigenvalue weighted by atomic mass is 10.2. The molecule has 0 saturated carbocycles. The second kappa shape index (κ2) is 4.35. The smallest absolute Gasteiger partial charge is 0.249 e. The molecule has 1 atom stereocenters. The predicted molar refractivity (Wildman–Crippen MR) is 51.4 cm³/mol. The van der Waals surface area contributed by atoms with Crippen LogP contribution in [0.5, 0.6) is 0 Å². The molecule has 12 heavy (non-hydrogen) atoms. The number of amides is 1. The largest absolute Gasteiger partial charge is 0.344 e. The van der Waals surface area contributed by atoms with Gasteiger partial charge in [-0.1, -0.05) is 0 Å². The molecule has 1 saturated heterocycles. The quantitative estimate of drug-likeness (QED) is 0.644. The third-order valence-corrected chi connectivity index (χ3v) is 2.35. The topological polar surface area (TPSA) is 53.5 Å². The van der Waals surface area contributed by atoms with E-state index in [0.29, 0.717) is 5.96 Å². The van der Waals surface area contributed by atoms with E-state index in [4.69, 9.17) is 0 Å². The van der Waals surface area contributed by atoms with Crippen molar-refractivity contribution in [3.05, 3.63) is 0 Å². The summed E-state index contributed by atoms with van der Waals surface area (Å²) >= 11 is 1.74. The first-order valence-corrected chi connectivity index (χ1v) is 5.20. The molecule has 1 amide bonds. The minimum atomic E-state index is -0.0869. The highest BCUT2D eigenvalue weighted by Crippen LogP contribution is 2.03. The van der Waals surface area contributed by atoms with Gasteiger partial charge >= 0.3 is 0 Å². The van der Waals surface area contributed by atoms with Gasteiger partial charge in [-0.2, -0.15) is 11.8 Å². The summed E-state index contributed by atoms with van der Waals surface area (Å²) in [6, 6.07) is -0.0869. The summed E-state index contributed by atoms with van der Waals surface area (Å²) in [6.07, 6.45) is 2.88. The molecule has 1 heterocycles. The fourth-order valence-corrected chi connectivity index (χ4v) is 1.50. The van der Waals surface area contributed by atoms with Gasteiger partial charge in [-0.15, -0.1) is 0 Å². The second-order valence-electron chi connectivity index (χ2n) is 2.54. The number of nitrogens with zero attached hydrogens (tertiary/aromatic N) is 1. The van der Waals surface area contributed by atoms with Crippen molar-refractivity contribution < 1.29 is 4.79 Å². The van der Waals surface area contributed by atoms with Crippen molar-refractivity contribution in [2.75, 3.05) is 19.1 Å². The van der Waals surface area contributed by atoms with Crippen LogP contribution < -0.4 is 10.6 Å². The Hall–Kier alpha value is -0.710. The van der Waals surface area contributed by atoms with Crippen molar-refractivity contribution in [1.29, 1.82) is 0 Å². The van der Waals surface area contributed by atoms with E-state index in [1.807, 2.05) is 6.26 Å². The molecule has 5 heteroatoms. The average molecular weight is 187 g/mol. The van der Waals surface area contributed by atoms with Gasteiger partial charge < -0.3 is 5.32 Å². The molecule has 1 rings (SSSR count). The predicted octanol–water partition coefficient (Wildman–Crippen LogP) is -0.187. The fraction of sp³-hybridized carbons (Fsp3) is 0.714. The second-order valence-corrected chi connectivity index (χ2v) is 3.53. The third-order valence-electron chi connectivity index (χ3n) is 1.70. The molecule has 0 aliphatic carbocycles. The first-order chi connectivity index (χ1) is 5.77. The Morgan fingerprint density at radius 3 is 2.92 bits per heavy atom. The highest BCUT2D eigenvalue weighted by Gasteiger charge is 2.26. The van der Waals surface area contributed by atoms with E-state index in [0.717, 1.165) is 12.2 Å². The number of hydrogen-bond acceptors (Lipinski definition) is 3. The van der Waals surface area contributed by atoms with E-state index in [9.17, 15) is 4.79 Å². The molecule has 4 nitrogen and oxygen atoms in total. The SMILES string of the molecule is CN=C1NC(=O)C(CCSC)N1. The van der Waals surface area contributed by atoms with Crippen LogP contribution in [0, 0.1) is 0 Å². The Kier molecular flexibility index (Phi) is 3.40. The van der Waals surface area contributed by atoms with Gasteiger partial charge in [-0.25, -0.2) is 0 Å². The molecule has 0 spiro atoms. The van der Waals surface area contributed by atoms with Crippen LogP contribution in [0.4, 0.5) is 0 Å². The van der Waals surface area contributed by atoms with E-state index in [-0.39, 0.29) is 11.9 Å². The number of carbonyl (C=O) groups is 1. The van der Waals surface area contributed by atoms with E-state index in [1.165, 1.54) is 0 Å². The zero-order valence-electron chi connectivity index (χ0n) is 7.26. The zero-order chi connectivity index (χ0) is 8.97. The van der Waals surface area contributed by atoms with Gasteiger partial charge in [0.25, 0.3) is 0 Å². The molecule has 0 bridgehead atoms. The van der Waals surface area contributed by atoms with Crippen LogP contribution in [0.15, 0.2) is 4.99 Å². The molecule has 1 fully saturated rings. The Bertz CT molecular complexity index is 205. The first kappa shape index (κ1) is 9.38. The Morgan fingerprint density at radius 2 is 2.42 bits per heavy atom. The normalized spacial score (nSPS) is 25.7. The summed E-state index contributed by atoms with van der Waals surface area (Å²) in [5.74, 6) is 1.61. The Morgan fingerprint density at radius 1 is 1.67 bits per heavy atom. The highest BCUT2D eigenvalue weighted by molar-refractivity contribution is 7.98. The molecule has 0 aromatic carbocycles. The number of thioether (sulfide) groups is 1. The van der Waals surface area contributed by atoms with Gasteiger partial charge in [-0.3, -0.25) is 15.1 Å². The van der Waals surface area contributed by atoms with Crippen LogP contribution in [0.1, 0.15) is 6.42 Å². The number of nitrogens with one attached hydrogen (secondary N) is 2. The van der Waals surface area contributed by atoms with Crippen molar-refractivity contribution in [3.63, 3.8) is 0 Å². The summed E-state index contributed by atoms with van der Waals surface area (Å²) < 4.78 is 0. The maximum Gasteiger partial charge on any atom is 0.249 e. The monoisotopic (exact) mass is 187 g/mol. The summed E-state index contributed by atoms with van der Waals surface area (Å²) in [5.41, 5.74) is 0. The van der Waals surface area contributed by atoms with Gasteiger partial charge in [-0.05, 0) is 18.4 Å². The van der Waals surface area contributed by atoms with Gasteiger partial charge in [0.2, 0.25) is 5.91 Å². The maximum absolute atomic E-state index is 11.2. The molecule has 0 aromatic heterocycles. The van der Waals surface area contributed by atoms with Crippen LogP contribution in [0.2, 0.25) is 0 Å². The summed E-state index contributed by atoms with van der Waals surface area (Å²) in [7, 11) is 1.65. The van der Waals surface area contributed by atoms with E-state index >= 15 is 0 Å². The van der Waals surface area contributed by atoms with Crippen LogP contribution in [-0.2, 0) is 4.79 Å². The van der Waals surface area contributed by atoms with Crippen molar-refractivity contribution in [2.24, 2.45) is 4.99 Å². The zero-order valence-corrected chi connectivity index (χ0v) is 8.07. The van der Waals surface area contributed by atoms with Crippen LogP contribution in [0.3, 0.4) is 0 Å². The molecule has 1 aliphatic heterocycles. The van der Waals surface area contributed by atoms with E-state index in [2.05, 4.69) is 15.6 Å². The molecule has 68 valence electrons. The molecule has 0 aromatic rings. The van der Waals surface area contributed by atoms with Crippen molar-refractivity contribution in [1.82, 2.24) is 10.6 Å². The van der Waals surface area contributed by atoms with Gasteiger partial charge in [0, 0.05) is 7.05 Å². The van der Waals surface area contributed by atoms with Gasteiger partial charge in [0.15, 0.2) is 5.96 Å². The fourth-order valence-electron chi connectivity index (χ4n) is 1.03. The first-order valence-electron chi connectivity index (χ1n) is 3.81. The highest BCUT2D eigenvalue weighted by atomic mass is 32.2. The molecular formula is C7H13N3OS. The molecule has 1 aliphatic rings. The van der Waals surface area contributed by atoms with Crippen molar-refractivity contribution in [3.8, 4) is 0 Å².